The van der Waals surface area contributed by atoms with E-state index >= 15 is 0 Å². The average molecular weight is 294 g/mol. The van der Waals surface area contributed by atoms with Gasteiger partial charge < -0.3 is 19.9 Å². The Hall–Kier alpha value is -1.30. The first kappa shape index (κ1) is 16.1. The Morgan fingerprint density at radius 2 is 2.00 bits per heavy atom. The van der Waals surface area contributed by atoms with Gasteiger partial charge in [0.25, 0.3) is 0 Å². The number of benzene rings is 1. The van der Waals surface area contributed by atoms with Crippen LogP contribution in [0.4, 0.5) is 0 Å². The Kier molecular flexibility index (Phi) is 5.45. The van der Waals surface area contributed by atoms with Gasteiger partial charge in [0, 0.05) is 25.3 Å². The van der Waals surface area contributed by atoms with Gasteiger partial charge in [-0.15, -0.1) is 0 Å². The molecule has 0 bridgehead atoms. The number of ether oxygens (including phenoxy) is 3. The molecule has 0 spiro atoms. The average Bonchev–Trinajstić information content (AvgIpc) is 2.88. The summed E-state index contributed by atoms with van der Waals surface area (Å²) < 4.78 is 16.4. The van der Waals surface area contributed by atoms with Crippen molar-refractivity contribution in [1.29, 1.82) is 0 Å². The van der Waals surface area contributed by atoms with Crippen molar-refractivity contribution >= 4 is 0 Å². The van der Waals surface area contributed by atoms with Crippen LogP contribution in [-0.4, -0.2) is 46.4 Å². The molecule has 118 valence electrons. The Labute approximate surface area is 127 Å². The number of likely N-dealkylation sites (tertiary alicyclic amines) is 1. The van der Waals surface area contributed by atoms with Crippen molar-refractivity contribution in [2.24, 2.45) is 11.7 Å². The topological polar surface area (TPSA) is 57.0 Å². The number of methoxy groups -OCH3 is 3. The highest BCUT2D eigenvalue weighted by molar-refractivity contribution is 5.51. The van der Waals surface area contributed by atoms with Gasteiger partial charge in [0.05, 0.1) is 26.4 Å². The van der Waals surface area contributed by atoms with Gasteiger partial charge in [0.1, 0.15) is 11.5 Å². The second-order valence-electron chi connectivity index (χ2n) is 5.59. The first-order valence-electron chi connectivity index (χ1n) is 7.29. The zero-order valence-electron chi connectivity index (χ0n) is 13.4. The summed E-state index contributed by atoms with van der Waals surface area (Å²) in [5.41, 5.74) is 7.98. The fourth-order valence-electron chi connectivity index (χ4n) is 3.24. The standard InChI is InChI=1S/C16H26N2O3/c1-18-9-11(8-17)7-14(18)12-5-6-15(20-3)13(10-19-2)16(12)21-4/h5-6,11,14H,7-10,17H2,1-4H3. The maximum atomic E-state index is 5.83. The summed E-state index contributed by atoms with van der Waals surface area (Å²) in [6, 6.07) is 4.42. The summed E-state index contributed by atoms with van der Waals surface area (Å²) in [6.07, 6.45) is 1.06. The van der Waals surface area contributed by atoms with Crippen LogP contribution in [0, 0.1) is 5.92 Å². The molecule has 1 fully saturated rings. The number of rotatable bonds is 6. The largest absolute Gasteiger partial charge is 0.496 e. The zero-order valence-corrected chi connectivity index (χ0v) is 13.4. The molecule has 2 unspecified atom stereocenters. The Balaban J connectivity index is 2.41. The van der Waals surface area contributed by atoms with Crippen LogP contribution in [0.5, 0.6) is 11.5 Å². The lowest BCUT2D eigenvalue weighted by Gasteiger charge is -2.24. The molecule has 5 nitrogen and oxygen atoms in total. The number of nitrogens with two attached hydrogens (primary N) is 1. The highest BCUT2D eigenvalue weighted by Gasteiger charge is 2.32. The Morgan fingerprint density at radius 3 is 2.52 bits per heavy atom. The van der Waals surface area contributed by atoms with Crippen molar-refractivity contribution in [2.45, 2.75) is 19.1 Å². The van der Waals surface area contributed by atoms with Gasteiger partial charge in [-0.3, -0.25) is 4.90 Å². The van der Waals surface area contributed by atoms with Crippen LogP contribution in [0.25, 0.3) is 0 Å². The second kappa shape index (κ2) is 7.11. The smallest absolute Gasteiger partial charge is 0.132 e. The lowest BCUT2D eigenvalue weighted by Crippen LogP contribution is -2.21. The highest BCUT2D eigenvalue weighted by atomic mass is 16.5. The molecular weight excluding hydrogens is 268 g/mol. The van der Waals surface area contributed by atoms with Gasteiger partial charge >= 0.3 is 0 Å². The van der Waals surface area contributed by atoms with E-state index in [2.05, 4.69) is 18.0 Å². The third-order valence-corrected chi connectivity index (χ3v) is 4.29. The van der Waals surface area contributed by atoms with E-state index in [9.17, 15) is 0 Å². The molecule has 1 aliphatic rings. The summed E-state index contributed by atoms with van der Waals surface area (Å²) in [5.74, 6) is 2.21. The van der Waals surface area contributed by atoms with E-state index in [1.807, 2.05) is 6.07 Å². The minimum Gasteiger partial charge on any atom is -0.496 e. The summed E-state index contributed by atoms with van der Waals surface area (Å²) in [6.45, 7) is 2.22. The van der Waals surface area contributed by atoms with Gasteiger partial charge in [-0.1, -0.05) is 6.07 Å². The van der Waals surface area contributed by atoms with Crippen molar-refractivity contribution in [2.75, 3.05) is 41.5 Å². The van der Waals surface area contributed by atoms with Crippen LogP contribution < -0.4 is 15.2 Å². The van der Waals surface area contributed by atoms with Gasteiger partial charge in [-0.25, -0.2) is 0 Å². The highest BCUT2D eigenvalue weighted by Crippen LogP contribution is 2.42. The van der Waals surface area contributed by atoms with Gasteiger partial charge in [-0.05, 0) is 32.0 Å². The molecule has 2 rings (SSSR count). The van der Waals surface area contributed by atoms with Crippen molar-refractivity contribution in [1.82, 2.24) is 4.90 Å². The lowest BCUT2D eigenvalue weighted by atomic mass is 9.96. The van der Waals surface area contributed by atoms with Crippen molar-refractivity contribution in [3.05, 3.63) is 23.3 Å². The predicted molar refractivity (Wildman–Crippen MR) is 82.8 cm³/mol. The summed E-state index contributed by atoms with van der Waals surface area (Å²) in [7, 11) is 7.18. The van der Waals surface area contributed by atoms with Crippen LogP contribution in [0.1, 0.15) is 23.6 Å². The van der Waals surface area contributed by atoms with Gasteiger partial charge in [-0.2, -0.15) is 0 Å². The second-order valence-corrected chi connectivity index (χ2v) is 5.59. The van der Waals surface area contributed by atoms with E-state index in [0.717, 1.165) is 36.6 Å². The number of nitrogens with zero attached hydrogens (tertiary/aromatic N) is 1. The molecule has 1 aromatic rings. The normalized spacial score (nSPS) is 22.5. The molecule has 1 aromatic carbocycles. The molecular formula is C16H26N2O3. The SMILES string of the molecule is COCc1c(OC)ccc(C2CC(CN)CN2C)c1OC. The molecule has 21 heavy (non-hydrogen) atoms. The molecule has 5 heteroatoms. The summed E-state index contributed by atoms with van der Waals surface area (Å²) in [5, 5.41) is 0. The third kappa shape index (κ3) is 3.15. The van der Waals surface area contributed by atoms with E-state index < -0.39 is 0 Å². The number of hydrogen-bond acceptors (Lipinski definition) is 5. The minimum atomic E-state index is 0.329. The van der Waals surface area contributed by atoms with E-state index in [-0.39, 0.29) is 0 Å². The van der Waals surface area contributed by atoms with Crippen molar-refractivity contribution in [3.8, 4) is 11.5 Å². The van der Waals surface area contributed by atoms with Gasteiger partial charge in [0.15, 0.2) is 0 Å². The molecule has 1 heterocycles. The third-order valence-electron chi connectivity index (χ3n) is 4.29. The molecule has 2 atom stereocenters. The number of hydrogen-bond donors (Lipinski definition) is 1. The molecule has 0 aromatic heterocycles. The zero-order chi connectivity index (χ0) is 15.4. The van der Waals surface area contributed by atoms with Gasteiger partial charge in [0.2, 0.25) is 0 Å². The van der Waals surface area contributed by atoms with E-state index in [1.54, 1.807) is 21.3 Å². The maximum Gasteiger partial charge on any atom is 0.132 e. The van der Waals surface area contributed by atoms with Crippen molar-refractivity contribution < 1.29 is 14.2 Å². The predicted octanol–water partition coefficient (Wildman–Crippen LogP) is 1.80. The molecule has 0 aliphatic carbocycles. The first-order valence-corrected chi connectivity index (χ1v) is 7.29. The van der Waals surface area contributed by atoms with Crippen LogP contribution in [0.2, 0.25) is 0 Å². The van der Waals surface area contributed by atoms with Crippen LogP contribution in [-0.2, 0) is 11.3 Å². The summed E-state index contributed by atoms with van der Waals surface area (Å²) >= 11 is 0. The minimum absolute atomic E-state index is 0.329. The van der Waals surface area contributed by atoms with Crippen molar-refractivity contribution in [3.63, 3.8) is 0 Å². The quantitative estimate of drug-likeness (QED) is 0.867. The molecule has 0 saturated carbocycles. The fraction of sp³-hybridized carbons (Fsp3) is 0.625. The van der Waals surface area contributed by atoms with E-state index in [4.69, 9.17) is 19.9 Å². The first-order chi connectivity index (χ1) is 10.2. The van der Waals surface area contributed by atoms with E-state index in [0.29, 0.717) is 18.6 Å². The molecule has 2 N–H and O–H groups in total. The molecule has 1 saturated heterocycles. The molecule has 0 radical (unpaired) electrons. The Morgan fingerprint density at radius 1 is 1.24 bits per heavy atom. The lowest BCUT2D eigenvalue weighted by molar-refractivity contribution is 0.177. The molecule has 0 amide bonds. The molecule has 1 aliphatic heterocycles. The summed E-state index contributed by atoms with van der Waals surface area (Å²) in [4.78, 5) is 2.35. The maximum absolute atomic E-state index is 5.83. The van der Waals surface area contributed by atoms with Crippen LogP contribution in [0.3, 0.4) is 0 Å². The fourth-order valence-corrected chi connectivity index (χ4v) is 3.24. The Bertz CT molecular complexity index is 479. The van der Waals surface area contributed by atoms with Crippen LogP contribution >= 0.6 is 0 Å². The van der Waals surface area contributed by atoms with Crippen LogP contribution in [0.15, 0.2) is 12.1 Å². The monoisotopic (exact) mass is 294 g/mol. The van der Waals surface area contributed by atoms with E-state index in [1.165, 1.54) is 5.56 Å².